The summed E-state index contributed by atoms with van der Waals surface area (Å²) in [4.78, 5) is 39.4. The van der Waals surface area contributed by atoms with Crippen LogP contribution in [0.2, 0.25) is 0 Å². The van der Waals surface area contributed by atoms with E-state index >= 15 is 0 Å². The molecule has 10 heteroatoms. The minimum Gasteiger partial charge on any atom is -0.511 e. The van der Waals surface area contributed by atoms with Gasteiger partial charge in [-0.05, 0) is 68.1 Å². The van der Waals surface area contributed by atoms with Crippen molar-refractivity contribution in [1.29, 1.82) is 0 Å². The maximum atomic E-state index is 13.3. The van der Waals surface area contributed by atoms with E-state index in [1.165, 1.54) is 13.8 Å². The lowest BCUT2D eigenvalue weighted by Gasteiger charge is -2.35. The van der Waals surface area contributed by atoms with Crippen molar-refractivity contribution in [3.8, 4) is 5.75 Å². The van der Waals surface area contributed by atoms with Crippen molar-refractivity contribution >= 4 is 23.0 Å². The number of phenolic OH excluding ortho intramolecular Hbond substituents is 1. The Hall–Kier alpha value is -2.88. The first-order valence-electron chi connectivity index (χ1n) is 12.9. The molecule has 0 spiro atoms. The molecule has 0 amide bonds. The Kier molecular flexibility index (Phi) is 8.96. The minimum atomic E-state index is -4.34. The van der Waals surface area contributed by atoms with Crippen LogP contribution in [0, 0.1) is 23.7 Å². The highest BCUT2D eigenvalue weighted by Gasteiger charge is 2.41. The molecular weight excluding hydrogens is 503 g/mol. The zero-order valence-electron chi connectivity index (χ0n) is 22.2. The van der Waals surface area contributed by atoms with Gasteiger partial charge in [0.25, 0.3) is 0 Å². The smallest absolute Gasteiger partial charge is 0.391 e. The van der Waals surface area contributed by atoms with Crippen molar-refractivity contribution < 1.29 is 42.9 Å². The van der Waals surface area contributed by atoms with E-state index in [1.54, 1.807) is 25.1 Å². The van der Waals surface area contributed by atoms with Gasteiger partial charge in [0.15, 0.2) is 17.3 Å². The van der Waals surface area contributed by atoms with Crippen LogP contribution in [0.15, 0.2) is 17.4 Å². The maximum absolute atomic E-state index is 13.3. The van der Waals surface area contributed by atoms with Gasteiger partial charge in [0.05, 0.1) is 23.7 Å². The molecule has 0 heterocycles. The van der Waals surface area contributed by atoms with Crippen molar-refractivity contribution in [2.24, 2.45) is 23.7 Å². The highest BCUT2D eigenvalue weighted by atomic mass is 19.4. The Morgan fingerprint density at radius 1 is 1.13 bits per heavy atom. The minimum absolute atomic E-state index is 0.0266. The molecule has 4 unspecified atom stereocenters. The van der Waals surface area contributed by atoms with Crippen molar-refractivity contribution in [2.75, 3.05) is 25.6 Å². The van der Waals surface area contributed by atoms with Gasteiger partial charge in [-0.25, -0.2) is 0 Å². The summed E-state index contributed by atoms with van der Waals surface area (Å²) in [5, 5.41) is 31.4. The number of benzene rings is 1. The van der Waals surface area contributed by atoms with Crippen molar-refractivity contribution in [1.82, 2.24) is 0 Å². The maximum Gasteiger partial charge on any atom is 0.391 e. The number of alkyl halides is 3. The number of anilines is 1. The molecule has 38 heavy (non-hydrogen) atoms. The van der Waals surface area contributed by atoms with Crippen LogP contribution < -0.4 is 4.90 Å². The summed E-state index contributed by atoms with van der Waals surface area (Å²) in [6, 6.07) is 1.64. The zero-order chi connectivity index (χ0) is 28.5. The standard InChI is InChI=1S/C28H36F3NO6/c1-5-18(28(29,30)31)7-6-16-11-21(32(3)4)19-9-15(10-22(35)25(19)26(16)37)8-17-12-23(36)24(14(2)34)27(38)20(17)13-33/h11,15,17-18,20,33,37-38H,5-10,12-13H2,1-4H3. The first kappa shape index (κ1) is 29.7. The number of hydrogen-bond acceptors (Lipinski definition) is 7. The number of rotatable bonds is 9. The van der Waals surface area contributed by atoms with Gasteiger partial charge >= 0.3 is 6.18 Å². The van der Waals surface area contributed by atoms with Crippen LogP contribution in [0.5, 0.6) is 5.75 Å². The number of carbonyl (C=O) groups is 3. The molecule has 0 aromatic heterocycles. The molecule has 1 aromatic rings. The molecule has 0 fully saturated rings. The van der Waals surface area contributed by atoms with E-state index in [2.05, 4.69) is 0 Å². The fraction of sp³-hybridized carbons (Fsp3) is 0.607. The number of halogens is 3. The lowest BCUT2D eigenvalue weighted by atomic mass is 9.70. The van der Waals surface area contributed by atoms with Crippen LogP contribution in [-0.4, -0.2) is 59.5 Å². The molecule has 0 saturated carbocycles. The lowest BCUT2D eigenvalue weighted by molar-refractivity contribution is -0.176. The quantitative estimate of drug-likeness (QED) is 0.389. The van der Waals surface area contributed by atoms with E-state index < -0.39 is 47.9 Å². The number of aliphatic hydroxyl groups excluding tert-OH is 2. The average molecular weight is 540 g/mol. The van der Waals surface area contributed by atoms with Gasteiger partial charge in [0.1, 0.15) is 11.5 Å². The summed E-state index contributed by atoms with van der Waals surface area (Å²) in [6.45, 7) is 2.20. The highest BCUT2D eigenvalue weighted by Crippen LogP contribution is 2.44. The van der Waals surface area contributed by atoms with Gasteiger partial charge in [-0.3, -0.25) is 14.4 Å². The molecule has 3 N–H and O–H groups in total. The second-order valence-electron chi connectivity index (χ2n) is 10.8. The third-order valence-electron chi connectivity index (χ3n) is 8.00. The van der Waals surface area contributed by atoms with E-state index in [-0.39, 0.29) is 60.7 Å². The molecule has 210 valence electrons. The van der Waals surface area contributed by atoms with Gasteiger partial charge in [-0.1, -0.05) is 6.92 Å². The third kappa shape index (κ3) is 5.90. The van der Waals surface area contributed by atoms with Crippen LogP contribution in [0.4, 0.5) is 18.9 Å². The van der Waals surface area contributed by atoms with Gasteiger partial charge in [0, 0.05) is 38.5 Å². The van der Waals surface area contributed by atoms with E-state index in [0.29, 0.717) is 29.7 Å². The Balaban J connectivity index is 1.90. The van der Waals surface area contributed by atoms with Crippen molar-refractivity contribution in [3.63, 3.8) is 0 Å². The summed E-state index contributed by atoms with van der Waals surface area (Å²) in [6.07, 6.45) is -3.93. The Morgan fingerprint density at radius 3 is 2.32 bits per heavy atom. The number of allylic oxidation sites excluding steroid dienone is 1. The van der Waals surface area contributed by atoms with Gasteiger partial charge in [-0.2, -0.15) is 13.2 Å². The molecule has 4 atom stereocenters. The van der Waals surface area contributed by atoms with Gasteiger partial charge in [-0.15, -0.1) is 0 Å². The Bertz CT molecular complexity index is 1140. The first-order valence-corrected chi connectivity index (χ1v) is 12.9. The summed E-state index contributed by atoms with van der Waals surface area (Å²) < 4.78 is 39.8. The molecule has 1 aromatic carbocycles. The first-order chi connectivity index (χ1) is 17.7. The molecule has 0 radical (unpaired) electrons. The second kappa shape index (κ2) is 11.5. The van der Waals surface area contributed by atoms with E-state index in [4.69, 9.17) is 0 Å². The largest absolute Gasteiger partial charge is 0.511 e. The van der Waals surface area contributed by atoms with Crippen LogP contribution in [0.3, 0.4) is 0 Å². The number of fused-ring (bicyclic) bond motifs is 1. The van der Waals surface area contributed by atoms with Crippen LogP contribution in [-0.2, 0) is 22.4 Å². The number of ketones is 3. The van der Waals surface area contributed by atoms with E-state index in [0.717, 1.165) is 0 Å². The summed E-state index contributed by atoms with van der Waals surface area (Å²) >= 11 is 0. The summed E-state index contributed by atoms with van der Waals surface area (Å²) in [7, 11) is 3.51. The molecule has 0 saturated heterocycles. The third-order valence-corrected chi connectivity index (χ3v) is 8.00. The topological polar surface area (TPSA) is 115 Å². The predicted molar refractivity (Wildman–Crippen MR) is 135 cm³/mol. The van der Waals surface area contributed by atoms with Crippen molar-refractivity contribution in [3.05, 3.63) is 34.1 Å². The van der Waals surface area contributed by atoms with E-state index in [1.807, 2.05) is 0 Å². The van der Waals surface area contributed by atoms with Gasteiger partial charge in [0.2, 0.25) is 0 Å². The van der Waals surface area contributed by atoms with Crippen molar-refractivity contribution in [2.45, 2.75) is 65.0 Å². The van der Waals surface area contributed by atoms with Crippen LogP contribution in [0.25, 0.3) is 0 Å². The zero-order valence-corrected chi connectivity index (χ0v) is 22.2. The average Bonchev–Trinajstić information content (AvgIpc) is 2.79. The monoisotopic (exact) mass is 539 g/mol. The van der Waals surface area contributed by atoms with Gasteiger partial charge < -0.3 is 20.2 Å². The number of phenols is 1. The summed E-state index contributed by atoms with van der Waals surface area (Å²) in [5.41, 5.74) is 1.36. The molecule has 0 aliphatic heterocycles. The number of aliphatic hydroxyl groups is 2. The molecule has 2 aliphatic carbocycles. The number of aromatic hydroxyl groups is 1. The number of carbonyl (C=O) groups excluding carboxylic acids is 3. The highest BCUT2D eigenvalue weighted by molar-refractivity contribution is 6.20. The van der Waals surface area contributed by atoms with Crippen LogP contribution in [0.1, 0.15) is 67.4 Å². The van der Waals surface area contributed by atoms with E-state index in [9.17, 15) is 42.9 Å². The molecule has 2 aliphatic rings. The Labute approximate surface area is 220 Å². The fourth-order valence-electron chi connectivity index (χ4n) is 5.99. The molecule has 0 bridgehead atoms. The van der Waals surface area contributed by atoms with Crippen LogP contribution >= 0.6 is 0 Å². The molecular formula is C28H36F3NO6. The number of Topliss-reactive ketones (excluding diaryl/α,β-unsaturated/α-hetero) is 3. The SMILES string of the molecule is CCC(CCc1cc(N(C)C)c2c(c1O)C(=O)CC(CC1CC(=O)C(C(C)=O)=C(O)C1CO)C2)C(F)(F)F. The number of hydrogen-bond donors (Lipinski definition) is 3. The predicted octanol–water partition coefficient (Wildman–Crippen LogP) is 4.71. The normalized spacial score (nSPS) is 22.9. The fourth-order valence-corrected chi connectivity index (χ4v) is 5.99. The molecule has 3 rings (SSSR count). The number of nitrogens with zero attached hydrogens (tertiary/aromatic N) is 1. The lowest BCUT2D eigenvalue weighted by Crippen LogP contribution is -2.35. The number of aryl methyl sites for hydroxylation is 1. The second-order valence-corrected chi connectivity index (χ2v) is 10.8. The Morgan fingerprint density at radius 2 is 1.79 bits per heavy atom. The summed E-state index contributed by atoms with van der Waals surface area (Å²) in [5.74, 6) is -5.12. The molecule has 7 nitrogen and oxygen atoms in total.